The molecule has 2 nitrogen and oxygen atoms in total. The van der Waals surface area contributed by atoms with Crippen molar-refractivity contribution in [2.45, 2.75) is 26.3 Å². The molecule has 3 heteroatoms. The Kier molecular flexibility index (Phi) is 5.70. The van der Waals surface area contributed by atoms with Gasteiger partial charge in [-0.15, -0.1) is 6.58 Å². The largest absolute Gasteiger partial charge is 0.493 e. The summed E-state index contributed by atoms with van der Waals surface area (Å²) in [5.41, 5.74) is 0.857. The number of nitrogens with one attached hydrogen (secondary N) is 1. The molecule has 1 aromatic rings. The highest BCUT2D eigenvalue weighted by molar-refractivity contribution is 5.36. The maximum absolute atomic E-state index is 13.2. The quantitative estimate of drug-likeness (QED) is 0.579. The molecule has 0 aliphatic carbocycles. The molecule has 0 radical (unpaired) electrons. The van der Waals surface area contributed by atoms with E-state index in [2.05, 4.69) is 11.9 Å². The highest BCUT2D eigenvalue weighted by Crippen LogP contribution is 2.26. The van der Waals surface area contributed by atoms with Crippen molar-refractivity contribution < 1.29 is 9.13 Å². The molecule has 0 heterocycles. The average molecular weight is 237 g/mol. The minimum absolute atomic E-state index is 0.0782. The van der Waals surface area contributed by atoms with Crippen LogP contribution in [0.4, 0.5) is 4.39 Å². The van der Waals surface area contributed by atoms with E-state index in [1.165, 1.54) is 12.1 Å². The Labute approximate surface area is 102 Å². The van der Waals surface area contributed by atoms with Gasteiger partial charge in [0.1, 0.15) is 11.6 Å². The second-order valence-corrected chi connectivity index (χ2v) is 3.89. The molecule has 0 aromatic heterocycles. The zero-order valence-corrected chi connectivity index (χ0v) is 10.5. The summed E-state index contributed by atoms with van der Waals surface area (Å²) in [7, 11) is 0. The van der Waals surface area contributed by atoms with Gasteiger partial charge >= 0.3 is 0 Å². The second kappa shape index (κ2) is 7.07. The Balaban J connectivity index is 2.82. The van der Waals surface area contributed by atoms with Gasteiger partial charge in [0, 0.05) is 11.6 Å². The lowest BCUT2D eigenvalue weighted by atomic mass is 10.1. The molecular formula is C14H20FNO. The van der Waals surface area contributed by atoms with Crippen LogP contribution in [-0.4, -0.2) is 13.2 Å². The molecule has 1 rings (SSSR count). The number of hydrogen-bond donors (Lipinski definition) is 1. The minimum Gasteiger partial charge on any atom is -0.493 e. The maximum Gasteiger partial charge on any atom is 0.124 e. The van der Waals surface area contributed by atoms with E-state index in [4.69, 9.17) is 4.74 Å². The second-order valence-electron chi connectivity index (χ2n) is 3.89. The molecule has 0 amide bonds. The number of benzene rings is 1. The van der Waals surface area contributed by atoms with Gasteiger partial charge in [0.25, 0.3) is 0 Å². The van der Waals surface area contributed by atoms with Crippen LogP contribution in [0.5, 0.6) is 5.75 Å². The lowest BCUT2D eigenvalue weighted by Crippen LogP contribution is -2.18. The zero-order chi connectivity index (χ0) is 12.7. The number of hydrogen-bond acceptors (Lipinski definition) is 2. The molecular weight excluding hydrogens is 217 g/mol. The van der Waals surface area contributed by atoms with E-state index in [1.54, 1.807) is 12.1 Å². The molecule has 0 saturated heterocycles. The normalized spacial score (nSPS) is 12.2. The first-order valence-corrected chi connectivity index (χ1v) is 5.95. The van der Waals surface area contributed by atoms with Crippen molar-refractivity contribution in [3.8, 4) is 5.75 Å². The third-order valence-corrected chi connectivity index (χ3v) is 2.53. The van der Waals surface area contributed by atoms with E-state index in [0.717, 1.165) is 24.3 Å². The Bertz CT molecular complexity index is 365. The average Bonchev–Trinajstić information content (AvgIpc) is 2.31. The van der Waals surface area contributed by atoms with E-state index < -0.39 is 0 Å². The van der Waals surface area contributed by atoms with E-state index in [1.807, 2.05) is 13.8 Å². The van der Waals surface area contributed by atoms with Crippen molar-refractivity contribution in [1.82, 2.24) is 5.32 Å². The molecule has 0 aliphatic heterocycles. The van der Waals surface area contributed by atoms with Crippen LogP contribution >= 0.6 is 0 Å². The summed E-state index contributed by atoms with van der Waals surface area (Å²) in [5, 5.41) is 3.25. The Morgan fingerprint density at radius 2 is 2.29 bits per heavy atom. The lowest BCUT2D eigenvalue weighted by molar-refractivity contribution is 0.317. The van der Waals surface area contributed by atoms with E-state index in [0.29, 0.717) is 6.61 Å². The molecule has 0 fully saturated rings. The fraction of sp³-hybridized carbons (Fsp3) is 0.429. The molecule has 1 N–H and O–H groups in total. The van der Waals surface area contributed by atoms with E-state index >= 15 is 0 Å². The predicted molar refractivity (Wildman–Crippen MR) is 68.8 cm³/mol. The smallest absolute Gasteiger partial charge is 0.124 e. The van der Waals surface area contributed by atoms with E-state index in [9.17, 15) is 4.39 Å². The van der Waals surface area contributed by atoms with Crippen LogP contribution in [0.25, 0.3) is 0 Å². The summed E-state index contributed by atoms with van der Waals surface area (Å²) >= 11 is 0. The van der Waals surface area contributed by atoms with E-state index in [-0.39, 0.29) is 11.9 Å². The lowest BCUT2D eigenvalue weighted by Gasteiger charge is -2.17. The molecule has 0 saturated carbocycles. The predicted octanol–water partition coefficient (Wildman–Crippen LogP) is 3.45. The summed E-state index contributed by atoms with van der Waals surface area (Å²) in [6.45, 7) is 9.07. The van der Waals surface area contributed by atoms with Crippen LogP contribution in [0.3, 0.4) is 0 Å². The van der Waals surface area contributed by atoms with Gasteiger partial charge in [-0.2, -0.15) is 0 Å². The van der Waals surface area contributed by atoms with Gasteiger partial charge in [0.2, 0.25) is 0 Å². The maximum atomic E-state index is 13.2. The summed E-state index contributed by atoms with van der Waals surface area (Å²) < 4.78 is 18.9. The first kappa shape index (κ1) is 13.7. The van der Waals surface area contributed by atoms with Crippen molar-refractivity contribution in [1.29, 1.82) is 0 Å². The van der Waals surface area contributed by atoms with Gasteiger partial charge in [-0.25, -0.2) is 4.39 Å². The summed E-state index contributed by atoms with van der Waals surface area (Å²) in [4.78, 5) is 0. The van der Waals surface area contributed by atoms with Crippen LogP contribution in [0.15, 0.2) is 30.9 Å². The van der Waals surface area contributed by atoms with Crippen molar-refractivity contribution in [2.75, 3.05) is 13.2 Å². The fourth-order valence-electron chi connectivity index (χ4n) is 1.66. The van der Waals surface area contributed by atoms with Crippen molar-refractivity contribution in [2.24, 2.45) is 0 Å². The third kappa shape index (κ3) is 4.19. The Morgan fingerprint density at radius 3 is 2.94 bits per heavy atom. The van der Waals surface area contributed by atoms with Crippen molar-refractivity contribution in [3.63, 3.8) is 0 Å². The number of halogens is 1. The van der Waals surface area contributed by atoms with Gasteiger partial charge in [0.05, 0.1) is 6.61 Å². The van der Waals surface area contributed by atoms with Crippen LogP contribution in [0.1, 0.15) is 31.9 Å². The first-order chi connectivity index (χ1) is 8.19. The highest BCUT2D eigenvalue weighted by Gasteiger charge is 2.11. The summed E-state index contributed by atoms with van der Waals surface area (Å²) in [6.07, 6.45) is 2.59. The molecule has 1 atom stereocenters. The molecule has 1 unspecified atom stereocenters. The zero-order valence-electron chi connectivity index (χ0n) is 10.5. The van der Waals surface area contributed by atoms with Crippen LogP contribution < -0.4 is 10.1 Å². The molecule has 0 aliphatic rings. The number of ether oxygens (including phenoxy) is 1. The fourth-order valence-corrected chi connectivity index (χ4v) is 1.66. The van der Waals surface area contributed by atoms with Gasteiger partial charge in [-0.1, -0.05) is 13.0 Å². The minimum atomic E-state index is -0.235. The van der Waals surface area contributed by atoms with Crippen LogP contribution in [-0.2, 0) is 0 Å². The van der Waals surface area contributed by atoms with Crippen LogP contribution in [0.2, 0.25) is 0 Å². The highest BCUT2D eigenvalue weighted by atomic mass is 19.1. The van der Waals surface area contributed by atoms with Crippen LogP contribution in [0, 0.1) is 5.82 Å². The Hall–Kier alpha value is -1.35. The molecule has 0 spiro atoms. The number of rotatable bonds is 7. The van der Waals surface area contributed by atoms with Gasteiger partial charge in [-0.05, 0) is 38.1 Å². The Morgan fingerprint density at radius 1 is 1.53 bits per heavy atom. The molecule has 1 aromatic carbocycles. The standard InChI is InChI=1S/C14H20FNO/c1-4-6-9-17-14-8-7-12(15)10-13(14)11(3)16-5-2/h4,7-8,10-11,16H,1,5-6,9H2,2-3H3. The molecule has 17 heavy (non-hydrogen) atoms. The molecule has 94 valence electrons. The molecule has 0 bridgehead atoms. The van der Waals surface area contributed by atoms with Crippen molar-refractivity contribution in [3.05, 3.63) is 42.2 Å². The summed E-state index contributed by atoms with van der Waals surface area (Å²) in [6, 6.07) is 4.71. The monoisotopic (exact) mass is 237 g/mol. The van der Waals surface area contributed by atoms with Gasteiger partial charge < -0.3 is 10.1 Å². The SMILES string of the molecule is C=CCCOc1ccc(F)cc1C(C)NCC. The topological polar surface area (TPSA) is 21.3 Å². The third-order valence-electron chi connectivity index (χ3n) is 2.53. The van der Waals surface area contributed by atoms with Gasteiger partial charge in [-0.3, -0.25) is 0 Å². The van der Waals surface area contributed by atoms with Crippen molar-refractivity contribution >= 4 is 0 Å². The first-order valence-electron chi connectivity index (χ1n) is 5.95. The van der Waals surface area contributed by atoms with Gasteiger partial charge in [0.15, 0.2) is 0 Å². The summed E-state index contributed by atoms with van der Waals surface area (Å²) in [5.74, 6) is 0.502.